The van der Waals surface area contributed by atoms with Crippen LogP contribution in [0.15, 0.2) is 54.6 Å². The van der Waals surface area contributed by atoms with Crippen LogP contribution in [0.3, 0.4) is 0 Å². The largest absolute Gasteiger partial charge is 0.338 e. The Labute approximate surface area is 170 Å². The van der Waals surface area contributed by atoms with Crippen molar-refractivity contribution in [3.8, 4) is 0 Å². The molecular formula is C23H25N3O3. The summed E-state index contributed by atoms with van der Waals surface area (Å²) in [6.45, 7) is 1.66. The van der Waals surface area contributed by atoms with E-state index in [9.17, 15) is 14.4 Å². The monoisotopic (exact) mass is 391 g/mol. The maximum absolute atomic E-state index is 12.6. The molecule has 1 unspecified atom stereocenters. The first-order valence-corrected chi connectivity index (χ1v) is 10.1. The van der Waals surface area contributed by atoms with Gasteiger partial charge in [-0.2, -0.15) is 0 Å². The molecule has 150 valence electrons. The predicted molar refractivity (Wildman–Crippen MR) is 109 cm³/mol. The lowest BCUT2D eigenvalue weighted by atomic mass is 9.99. The van der Waals surface area contributed by atoms with E-state index in [4.69, 9.17) is 0 Å². The minimum atomic E-state index is -0.612. The Morgan fingerprint density at radius 1 is 1.00 bits per heavy atom. The first-order chi connectivity index (χ1) is 14.1. The molecular weight excluding hydrogens is 366 g/mol. The van der Waals surface area contributed by atoms with E-state index in [0.717, 1.165) is 12.0 Å². The van der Waals surface area contributed by atoms with Gasteiger partial charge in [0.15, 0.2) is 0 Å². The lowest BCUT2D eigenvalue weighted by Gasteiger charge is -2.29. The van der Waals surface area contributed by atoms with Gasteiger partial charge in [-0.05, 0) is 36.0 Å². The van der Waals surface area contributed by atoms with Gasteiger partial charge in [0, 0.05) is 26.1 Å². The number of carbonyl (C=O) groups excluding carboxylic acids is 3. The van der Waals surface area contributed by atoms with E-state index in [0.29, 0.717) is 32.5 Å². The predicted octanol–water partition coefficient (Wildman–Crippen LogP) is 2.51. The maximum Gasteiger partial charge on any atom is 0.324 e. The zero-order valence-corrected chi connectivity index (χ0v) is 16.3. The van der Waals surface area contributed by atoms with Crippen LogP contribution in [0.4, 0.5) is 4.79 Å². The molecule has 1 atom stereocenters. The van der Waals surface area contributed by atoms with Crippen molar-refractivity contribution in [1.82, 2.24) is 15.1 Å². The third-order valence-electron chi connectivity index (χ3n) is 5.70. The average molecular weight is 391 g/mol. The first-order valence-electron chi connectivity index (χ1n) is 10.1. The highest BCUT2D eigenvalue weighted by atomic mass is 16.2. The topological polar surface area (TPSA) is 69.7 Å². The number of urea groups is 1. The molecule has 0 aromatic heterocycles. The summed E-state index contributed by atoms with van der Waals surface area (Å²) in [5.74, 6) is -0.202. The van der Waals surface area contributed by atoms with Crippen molar-refractivity contribution < 1.29 is 14.4 Å². The molecule has 0 bridgehead atoms. The van der Waals surface area contributed by atoms with Gasteiger partial charge in [0.05, 0.1) is 0 Å². The summed E-state index contributed by atoms with van der Waals surface area (Å²) in [6, 6.07) is 17.0. The van der Waals surface area contributed by atoms with Crippen LogP contribution < -0.4 is 5.32 Å². The van der Waals surface area contributed by atoms with E-state index in [1.54, 1.807) is 0 Å². The molecule has 1 N–H and O–H groups in total. The summed E-state index contributed by atoms with van der Waals surface area (Å²) in [5.41, 5.74) is 3.56. The minimum absolute atomic E-state index is 0.0317. The van der Waals surface area contributed by atoms with Crippen LogP contribution in [0.1, 0.15) is 29.5 Å². The minimum Gasteiger partial charge on any atom is -0.338 e. The number of imide groups is 1. The maximum atomic E-state index is 12.6. The normalized spacial score (nSPS) is 18.6. The van der Waals surface area contributed by atoms with E-state index in [1.807, 2.05) is 47.4 Å². The smallest absolute Gasteiger partial charge is 0.324 e. The number of hydrogen-bond donors (Lipinski definition) is 1. The quantitative estimate of drug-likeness (QED) is 0.770. The summed E-state index contributed by atoms with van der Waals surface area (Å²) in [4.78, 5) is 40.5. The van der Waals surface area contributed by atoms with E-state index < -0.39 is 6.04 Å². The van der Waals surface area contributed by atoms with Gasteiger partial charge in [0.2, 0.25) is 5.91 Å². The Hall–Kier alpha value is -3.15. The number of benzene rings is 2. The third-order valence-corrected chi connectivity index (χ3v) is 5.70. The molecule has 4 amide bonds. The lowest BCUT2D eigenvalue weighted by Crippen LogP contribution is -2.37. The molecule has 1 saturated heterocycles. The van der Waals surface area contributed by atoms with E-state index in [1.165, 1.54) is 16.0 Å². The van der Waals surface area contributed by atoms with Crippen LogP contribution >= 0.6 is 0 Å². The molecule has 0 aliphatic carbocycles. The number of amides is 4. The van der Waals surface area contributed by atoms with Gasteiger partial charge < -0.3 is 10.2 Å². The van der Waals surface area contributed by atoms with Gasteiger partial charge in [-0.3, -0.25) is 14.5 Å². The van der Waals surface area contributed by atoms with Crippen molar-refractivity contribution in [2.45, 2.75) is 38.3 Å². The van der Waals surface area contributed by atoms with Crippen molar-refractivity contribution >= 4 is 17.8 Å². The Kier molecular flexibility index (Phi) is 5.60. The Morgan fingerprint density at radius 3 is 2.52 bits per heavy atom. The summed E-state index contributed by atoms with van der Waals surface area (Å²) < 4.78 is 0. The van der Waals surface area contributed by atoms with Crippen LogP contribution in [0.5, 0.6) is 0 Å². The second-order valence-corrected chi connectivity index (χ2v) is 7.60. The molecule has 2 aromatic carbocycles. The zero-order chi connectivity index (χ0) is 20.2. The number of fused-ring (bicyclic) bond motifs is 1. The van der Waals surface area contributed by atoms with Crippen LogP contribution in [-0.4, -0.2) is 46.8 Å². The molecule has 6 nitrogen and oxygen atoms in total. The number of carbonyl (C=O) groups is 3. The second-order valence-electron chi connectivity index (χ2n) is 7.60. The first kappa shape index (κ1) is 19.2. The molecule has 2 aromatic rings. The van der Waals surface area contributed by atoms with Crippen molar-refractivity contribution in [2.24, 2.45) is 0 Å². The summed E-state index contributed by atoms with van der Waals surface area (Å²) in [5, 5.41) is 2.73. The van der Waals surface area contributed by atoms with E-state index in [2.05, 4.69) is 17.4 Å². The van der Waals surface area contributed by atoms with Gasteiger partial charge in [0.1, 0.15) is 6.04 Å². The Morgan fingerprint density at radius 2 is 1.72 bits per heavy atom. The lowest BCUT2D eigenvalue weighted by molar-refractivity contribution is -0.132. The van der Waals surface area contributed by atoms with E-state index in [-0.39, 0.29) is 24.3 Å². The van der Waals surface area contributed by atoms with Crippen molar-refractivity contribution in [1.29, 1.82) is 0 Å². The Balaban J connectivity index is 1.28. The number of nitrogens with one attached hydrogen (secondary N) is 1. The van der Waals surface area contributed by atoms with Crippen LogP contribution in [-0.2, 0) is 29.0 Å². The van der Waals surface area contributed by atoms with E-state index >= 15 is 0 Å². The molecule has 6 heteroatoms. The van der Waals surface area contributed by atoms with Gasteiger partial charge >= 0.3 is 6.03 Å². The molecule has 2 aliphatic heterocycles. The molecule has 1 fully saturated rings. The molecule has 29 heavy (non-hydrogen) atoms. The number of hydrogen-bond acceptors (Lipinski definition) is 3. The molecule has 2 heterocycles. The molecule has 0 spiro atoms. The number of rotatable bonds is 6. The molecule has 2 aliphatic rings. The highest BCUT2D eigenvalue weighted by Gasteiger charge is 2.37. The van der Waals surface area contributed by atoms with Gasteiger partial charge in [-0.1, -0.05) is 54.6 Å². The SMILES string of the molecule is O=C(CCC1NC(=O)N(CCc2ccccc2)C1=O)N1CCc2ccccc2C1. The fourth-order valence-corrected chi connectivity index (χ4v) is 4.00. The standard InChI is InChI=1S/C23H25N3O3/c27-21(25-14-13-18-8-4-5-9-19(18)16-25)11-10-20-22(28)26(23(29)24-20)15-12-17-6-2-1-3-7-17/h1-9,20H,10-16H2,(H,24,29). The zero-order valence-electron chi connectivity index (χ0n) is 16.3. The third kappa shape index (κ3) is 4.31. The fraction of sp³-hybridized carbons (Fsp3) is 0.348. The number of nitrogens with zero attached hydrogens (tertiary/aromatic N) is 2. The van der Waals surface area contributed by atoms with Gasteiger partial charge in [0.25, 0.3) is 5.91 Å². The van der Waals surface area contributed by atoms with Crippen LogP contribution in [0.25, 0.3) is 0 Å². The second kappa shape index (κ2) is 8.47. The Bertz CT molecular complexity index is 913. The molecule has 0 radical (unpaired) electrons. The van der Waals surface area contributed by atoms with Gasteiger partial charge in [-0.25, -0.2) is 4.79 Å². The summed E-state index contributed by atoms with van der Waals surface area (Å²) >= 11 is 0. The average Bonchev–Trinajstić information content (AvgIpc) is 3.03. The van der Waals surface area contributed by atoms with Crippen LogP contribution in [0, 0.1) is 0 Å². The summed E-state index contributed by atoms with van der Waals surface area (Å²) in [6.07, 6.45) is 2.07. The van der Waals surface area contributed by atoms with Crippen molar-refractivity contribution in [2.75, 3.05) is 13.1 Å². The van der Waals surface area contributed by atoms with Crippen molar-refractivity contribution in [3.63, 3.8) is 0 Å². The summed E-state index contributed by atoms with van der Waals surface area (Å²) in [7, 11) is 0. The molecule has 4 rings (SSSR count). The molecule has 0 saturated carbocycles. The highest BCUT2D eigenvalue weighted by Crippen LogP contribution is 2.20. The highest BCUT2D eigenvalue weighted by molar-refractivity contribution is 6.04. The fourth-order valence-electron chi connectivity index (χ4n) is 4.00. The van der Waals surface area contributed by atoms with Crippen LogP contribution in [0.2, 0.25) is 0 Å². The van der Waals surface area contributed by atoms with Crippen molar-refractivity contribution in [3.05, 3.63) is 71.3 Å². The van der Waals surface area contributed by atoms with Gasteiger partial charge in [-0.15, -0.1) is 0 Å².